The van der Waals surface area contributed by atoms with Crippen LogP contribution in [-0.2, 0) is 24.0 Å². The number of hydrogen-bond acceptors (Lipinski definition) is 6. The SMILES string of the molecule is CC(NC(=O)C=Cc1ccc(F)cc1F)C(=O)NC(CCC(=O)NC(CCCCN)C(N)=O)C(N)=O. The number of hydrogen-bond donors (Lipinski definition) is 6. The number of amides is 5. The van der Waals surface area contributed by atoms with Crippen molar-refractivity contribution in [3.05, 3.63) is 41.5 Å². The second-order valence-corrected chi connectivity index (χ2v) is 8.04. The zero-order valence-electron chi connectivity index (χ0n) is 19.9. The number of halogens is 2. The number of carbonyl (C=O) groups excluding carboxylic acids is 5. The number of nitrogens with two attached hydrogens (primary N) is 3. The predicted molar refractivity (Wildman–Crippen MR) is 127 cm³/mol. The van der Waals surface area contributed by atoms with E-state index in [-0.39, 0.29) is 18.4 Å². The van der Waals surface area contributed by atoms with Crippen LogP contribution in [0.4, 0.5) is 8.78 Å². The molecule has 0 aliphatic heterocycles. The third-order valence-electron chi connectivity index (χ3n) is 5.07. The highest BCUT2D eigenvalue weighted by Crippen LogP contribution is 2.11. The Hall–Kier alpha value is -3.87. The van der Waals surface area contributed by atoms with Gasteiger partial charge in [-0.1, -0.05) is 0 Å². The summed E-state index contributed by atoms with van der Waals surface area (Å²) in [5, 5.41) is 7.15. The zero-order chi connectivity index (χ0) is 27.3. The lowest BCUT2D eigenvalue weighted by molar-refractivity contribution is -0.131. The molecule has 3 atom stereocenters. The summed E-state index contributed by atoms with van der Waals surface area (Å²) in [6.07, 6.45) is 3.22. The fourth-order valence-electron chi connectivity index (χ4n) is 3.03. The normalized spacial score (nSPS) is 13.4. The van der Waals surface area contributed by atoms with Gasteiger partial charge in [0.25, 0.3) is 0 Å². The lowest BCUT2D eigenvalue weighted by Gasteiger charge is -2.20. The summed E-state index contributed by atoms with van der Waals surface area (Å²) in [5.41, 5.74) is 16.0. The van der Waals surface area contributed by atoms with Crippen LogP contribution in [0.3, 0.4) is 0 Å². The molecule has 1 aromatic rings. The molecule has 13 heteroatoms. The van der Waals surface area contributed by atoms with E-state index >= 15 is 0 Å². The van der Waals surface area contributed by atoms with Crippen LogP contribution in [0.2, 0.25) is 0 Å². The maximum atomic E-state index is 13.6. The van der Waals surface area contributed by atoms with Crippen LogP contribution in [0.5, 0.6) is 0 Å². The van der Waals surface area contributed by atoms with Crippen molar-refractivity contribution in [2.75, 3.05) is 6.54 Å². The van der Waals surface area contributed by atoms with Gasteiger partial charge >= 0.3 is 0 Å². The van der Waals surface area contributed by atoms with Crippen LogP contribution in [0.25, 0.3) is 6.08 Å². The highest BCUT2D eigenvalue weighted by molar-refractivity contribution is 5.96. The first kappa shape index (κ1) is 30.2. The van der Waals surface area contributed by atoms with E-state index in [1.54, 1.807) is 0 Å². The van der Waals surface area contributed by atoms with Crippen molar-refractivity contribution in [1.82, 2.24) is 16.0 Å². The minimum atomic E-state index is -1.23. The van der Waals surface area contributed by atoms with Gasteiger partial charge in [-0.3, -0.25) is 24.0 Å². The van der Waals surface area contributed by atoms with Crippen molar-refractivity contribution >= 4 is 35.6 Å². The monoisotopic (exact) mass is 510 g/mol. The fourth-order valence-corrected chi connectivity index (χ4v) is 3.03. The van der Waals surface area contributed by atoms with Gasteiger partial charge in [0.05, 0.1) is 0 Å². The molecule has 0 bridgehead atoms. The van der Waals surface area contributed by atoms with Crippen molar-refractivity contribution in [3.8, 4) is 0 Å². The maximum Gasteiger partial charge on any atom is 0.244 e. The number of benzene rings is 1. The Labute approximate surface area is 207 Å². The minimum absolute atomic E-state index is 0.0336. The maximum absolute atomic E-state index is 13.6. The highest BCUT2D eigenvalue weighted by Gasteiger charge is 2.24. The molecule has 0 heterocycles. The van der Waals surface area contributed by atoms with Crippen LogP contribution >= 0.6 is 0 Å². The van der Waals surface area contributed by atoms with Gasteiger partial charge in [-0.2, -0.15) is 0 Å². The van der Waals surface area contributed by atoms with Crippen LogP contribution in [-0.4, -0.2) is 54.2 Å². The largest absolute Gasteiger partial charge is 0.368 e. The lowest BCUT2D eigenvalue weighted by Crippen LogP contribution is -2.52. The third-order valence-corrected chi connectivity index (χ3v) is 5.07. The van der Waals surface area contributed by atoms with E-state index in [0.29, 0.717) is 31.9 Å². The molecule has 9 N–H and O–H groups in total. The highest BCUT2D eigenvalue weighted by atomic mass is 19.1. The molecule has 0 saturated heterocycles. The van der Waals surface area contributed by atoms with Gasteiger partial charge in [-0.15, -0.1) is 0 Å². The number of nitrogens with one attached hydrogen (secondary N) is 3. The molecule has 0 radical (unpaired) electrons. The lowest BCUT2D eigenvalue weighted by atomic mass is 10.1. The van der Waals surface area contributed by atoms with Crippen molar-refractivity contribution in [2.45, 2.75) is 57.2 Å². The van der Waals surface area contributed by atoms with E-state index in [0.717, 1.165) is 24.3 Å². The molecule has 0 fully saturated rings. The second-order valence-electron chi connectivity index (χ2n) is 8.04. The van der Waals surface area contributed by atoms with Crippen molar-refractivity contribution in [3.63, 3.8) is 0 Å². The van der Waals surface area contributed by atoms with Gasteiger partial charge in [0.15, 0.2) is 0 Å². The first-order chi connectivity index (χ1) is 16.9. The molecular formula is C23H32F2N6O5. The Kier molecular flexibility index (Phi) is 12.7. The number of primary amides is 2. The molecule has 0 spiro atoms. The third kappa shape index (κ3) is 11.0. The van der Waals surface area contributed by atoms with E-state index in [1.165, 1.54) is 6.92 Å². The summed E-state index contributed by atoms with van der Waals surface area (Å²) in [5.74, 6) is -5.32. The van der Waals surface area contributed by atoms with Gasteiger partial charge in [0.1, 0.15) is 29.8 Å². The fraction of sp³-hybridized carbons (Fsp3) is 0.435. The smallest absolute Gasteiger partial charge is 0.244 e. The molecule has 1 rings (SSSR count). The Morgan fingerprint density at radius 1 is 0.944 bits per heavy atom. The van der Waals surface area contributed by atoms with Crippen LogP contribution in [0, 0.1) is 11.6 Å². The summed E-state index contributed by atoms with van der Waals surface area (Å²) in [6, 6.07) is -0.403. The molecule has 11 nitrogen and oxygen atoms in total. The van der Waals surface area contributed by atoms with Crippen LogP contribution in [0.1, 0.15) is 44.6 Å². The molecule has 1 aromatic carbocycles. The van der Waals surface area contributed by atoms with E-state index in [4.69, 9.17) is 17.2 Å². The van der Waals surface area contributed by atoms with Crippen molar-refractivity contribution < 1.29 is 32.8 Å². The quantitative estimate of drug-likeness (QED) is 0.133. The Balaban J connectivity index is 2.60. The minimum Gasteiger partial charge on any atom is -0.368 e. The van der Waals surface area contributed by atoms with Crippen molar-refractivity contribution in [1.29, 1.82) is 0 Å². The zero-order valence-corrected chi connectivity index (χ0v) is 19.9. The molecule has 3 unspecified atom stereocenters. The summed E-state index contributed by atoms with van der Waals surface area (Å²) in [7, 11) is 0. The molecule has 0 aliphatic rings. The van der Waals surface area contributed by atoms with Gasteiger partial charge < -0.3 is 33.2 Å². The summed E-state index contributed by atoms with van der Waals surface area (Å²) < 4.78 is 26.6. The first-order valence-electron chi connectivity index (χ1n) is 11.3. The second kappa shape index (κ2) is 15.2. The average Bonchev–Trinajstić information content (AvgIpc) is 2.80. The summed E-state index contributed by atoms with van der Waals surface area (Å²) >= 11 is 0. The van der Waals surface area contributed by atoms with E-state index in [9.17, 15) is 32.8 Å². The van der Waals surface area contributed by atoms with Crippen LogP contribution in [0.15, 0.2) is 24.3 Å². The Bertz CT molecular complexity index is 988. The standard InChI is InChI=1S/C23H32F2N6O5/c1-13(29-19(32)9-6-14-5-7-15(24)12-16(14)25)23(36)31-18(22(28)35)8-10-20(33)30-17(21(27)34)4-2-3-11-26/h5-7,9,12-13,17-18H,2-4,8,10-11,26H2,1H3,(H2,27,34)(H2,28,35)(H,29,32)(H,30,33)(H,31,36). The van der Waals surface area contributed by atoms with Crippen molar-refractivity contribution in [2.24, 2.45) is 17.2 Å². The molecule has 0 aromatic heterocycles. The predicted octanol–water partition coefficient (Wildman–Crippen LogP) is -0.668. The van der Waals surface area contributed by atoms with Crippen LogP contribution < -0.4 is 33.2 Å². The molecule has 0 aliphatic carbocycles. The molecule has 198 valence electrons. The van der Waals surface area contributed by atoms with E-state index in [2.05, 4.69) is 16.0 Å². The number of rotatable bonds is 15. The number of unbranched alkanes of at least 4 members (excludes halogenated alkanes) is 1. The van der Waals surface area contributed by atoms with Gasteiger partial charge in [0, 0.05) is 24.1 Å². The molecule has 5 amide bonds. The first-order valence-corrected chi connectivity index (χ1v) is 11.3. The Morgan fingerprint density at radius 3 is 2.17 bits per heavy atom. The number of carbonyl (C=O) groups is 5. The average molecular weight is 511 g/mol. The Morgan fingerprint density at radius 2 is 1.58 bits per heavy atom. The van der Waals surface area contributed by atoms with E-state index in [1.807, 2.05) is 0 Å². The van der Waals surface area contributed by atoms with Gasteiger partial charge in [-0.25, -0.2) is 8.78 Å². The van der Waals surface area contributed by atoms with Gasteiger partial charge in [0.2, 0.25) is 29.5 Å². The molecule has 36 heavy (non-hydrogen) atoms. The summed E-state index contributed by atoms with van der Waals surface area (Å²) in [4.78, 5) is 59.9. The molecule has 0 saturated carbocycles. The summed E-state index contributed by atoms with van der Waals surface area (Å²) in [6.45, 7) is 1.77. The van der Waals surface area contributed by atoms with E-state index < -0.39 is 59.3 Å². The molecular weight excluding hydrogens is 478 g/mol. The topological polar surface area (TPSA) is 200 Å². The van der Waals surface area contributed by atoms with Gasteiger partial charge in [-0.05, 0) is 57.4 Å².